The molecule has 0 atom stereocenters. The average molecular weight is 224 g/mol. The molecule has 1 N–H and O–H groups in total. The highest BCUT2D eigenvalue weighted by atomic mass is 19.1. The lowest BCUT2D eigenvalue weighted by molar-refractivity contribution is -0.115. The topological polar surface area (TPSA) is 32.3 Å². The first-order chi connectivity index (χ1) is 7.65. The van der Waals surface area contributed by atoms with Gasteiger partial charge < -0.3 is 10.2 Å². The van der Waals surface area contributed by atoms with Gasteiger partial charge in [0.05, 0.1) is 12.2 Å². The highest BCUT2D eigenvalue weighted by Gasteiger charge is 2.35. The van der Waals surface area contributed by atoms with Crippen LogP contribution in [0.4, 0.5) is 20.2 Å². The van der Waals surface area contributed by atoms with Crippen molar-refractivity contribution in [1.29, 1.82) is 0 Å². The van der Waals surface area contributed by atoms with Crippen molar-refractivity contribution in [3.63, 3.8) is 0 Å². The lowest BCUT2D eigenvalue weighted by Crippen LogP contribution is -2.40. The molecule has 1 aromatic carbocycles. The van der Waals surface area contributed by atoms with Crippen LogP contribution in [0, 0.1) is 11.6 Å². The van der Waals surface area contributed by atoms with Gasteiger partial charge in [0.2, 0.25) is 5.91 Å². The van der Waals surface area contributed by atoms with Gasteiger partial charge in [-0.15, -0.1) is 0 Å². The van der Waals surface area contributed by atoms with Crippen LogP contribution in [0.15, 0.2) is 12.1 Å². The summed E-state index contributed by atoms with van der Waals surface area (Å²) in [7, 11) is 0. The van der Waals surface area contributed by atoms with Crippen LogP contribution in [-0.4, -0.2) is 18.5 Å². The SMILES string of the molecule is O=C1CN(C2CC2)c2cc(F)cc(F)c2N1. The Morgan fingerprint density at radius 1 is 1.31 bits per heavy atom. The van der Waals surface area contributed by atoms with Crippen molar-refractivity contribution in [2.24, 2.45) is 0 Å². The summed E-state index contributed by atoms with van der Waals surface area (Å²) in [5.41, 5.74) is 0.559. The number of fused-ring (bicyclic) bond motifs is 1. The van der Waals surface area contributed by atoms with Gasteiger partial charge in [0.15, 0.2) is 5.82 Å². The predicted octanol–water partition coefficient (Wildman–Crippen LogP) is 1.89. The van der Waals surface area contributed by atoms with Crippen molar-refractivity contribution in [2.75, 3.05) is 16.8 Å². The zero-order valence-corrected chi connectivity index (χ0v) is 8.46. The largest absolute Gasteiger partial charge is 0.357 e. The van der Waals surface area contributed by atoms with E-state index in [1.165, 1.54) is 6.07 Å². The Morgan fingerprint density at radius 3 is 2.75 bits per heavy atom. The van der Waals surface area contributed by atoms with Gasteiger partial charge in [-0.05, 0) is 18.9 Å². The van der Waals surface area contributed by atoms with Crippen molar-refractivity contribution < 1.29 is 13.6 Å². The number of amides is 1. The van der Waals surface area contributed by atoms with Crippen molar-refractivity contribution in [1.82, 2.24) is 0 Å². The summed E-state index contributed by atoms with van der Waals surface area (Å²) >= 11 is 0. The number of carbonyl (C=O) groups excluding carboxylic acids is 1. The molecule has 1 aliphatic heterocycles. The third-order valence-electron chi connectivity index (χ3n) is 2.91. The Morgan fingerprint density at radius 2 is 2.06 bits per heavy atom. The summed E-state index contributed by atoms with van der Waals surface area (Å²) in [6.45, 7) is 0.181. The van der Waals surface area contributed by atoms with E-state index < -0.39 is 11.6 Å². The zero-order valence-electron chi connectivity index (χ0n) is 8.46. The fourth-order valence-electron chi connectivity index (χ4n) is 2.04. The van der Waals surface area contributed by atoms with Crippen LogP contribution in [0.3, 0.4) is 0 Å². The van der Waals surface area contributed by atoms with Gasteiger partial charge in [-0.25, -0.2) is 8.78 Å². The fourth-order valence-corrected chi connectivity index (χ4v) is 2.04. The minimum Gasteiger partial charge on any atom is -0.357 e. The number of hydrogen-bond acceptors (Lipinski definition) is 2. The molecule has 0 aromatic heterocycles. The number of hydrogen-bond donors (Lipinski definition) is 1. The Kier molecular flexibility index (Phi) is 1.89. The molecule has 1 saturated carbocycles. The molecule has 1 aliphatic carbocycles. The van der Waals surface area contributed by atoms with E-state index in [0.29, 0.717) is 5.69 Å². The second-order valence-electron chi connectivity index (χ2n) is 4.19. The van der Waals surface area contributed by atoms with Crippen molar-refractivity contribution >= 4 is 17.3 Å². The van der Waals surface area contributed by atoms with Crippen LogP contribution >= 0.6 is 0 Å². The number of anilines is 2. The molecule has 0 radical (unpaired) electrons. The third kappa shape index (κ3) is 1.43. The number of carbonyl (C=O) groups is 1. The molecule has 2 aliphatic rings. The summed E-state index contributed by atoms with van der Waals surface area (Å²) in [6, 6.07) is 2.32. The normalized spacial score (nSPS) is 19.4. The van der Waals surface area contributed by atoms with E-state index in [1.54, 1.807) is 4.90 Å². The second kappa shape index (κ2) is 3.17. The van der Waals surface area contributed by atoms with Crippen LogP contribution in [0.1, 0.15) is 12.8 Å². The molecule has 0 unspecified atom stereocenters. The number of benzene rings is 1. The molecular formula is C11H10F2N2O. The maximum Gasteiger partial charge on any atom is 0.244 e. The standard InChI is InChI=1S/C11H10F2N2O/c12-6-3-8(13)11-9(4-6)15(7-1-2-7)5-10(16)14-11/h3-4,7H,1-2,5H2,(H,14,16). The van der Waals surface area contributed by atoms with E-state index in [-0.39, 0.29) is 24.2 Å². The quantitative estimate of drug-likeness (QED) is 0.790. The highest BCUT2D eigenvalue weighted by Crippen LogP contribution is 2.39. The van der Waals surface area contributed by atoms with Crippen LogP contribution in [-0.2, 0) is 4.79 Å². The minimum absolute atomic E-state index is 0.101. The molecule has 1 fully saturated rings. The lowest BCUT2D eigenvalue weighted by atomic mass is 10.1. The van der Waals surface area contributed by atoms with Gasteiger partial charge in [-0.3, -0.25) is 4.79 Å². The van der Waals surface area contributed by atoms with Gasteiger partial charge in [0.25, 0.3) is 0 Å². The monoisotopic (exact) mass is 224 g/mol. The first-order valence-corrected chi connectivity index (χ1v) is 5.20. The molecule has 16 heavy (non-hydrogen) atoms. The molecule has 3 nitrogen and oxygen atoms in total. The number of rotatable bonds is 1. The average Bonchev–Trinajstić information content (AvgIpc) is 3.01. The van der Waals surface area contributed by atoms with E-state index in [2.05, 4.69) is 5.32 Å². The molecule has 1 aromatic rings. The highest BCUT2D eigenvalue weighted by molar-refractivity contribution is 6.01. The van der Waals surface area contributed by atoms with Gasteiger partial charge in [0, 0.05) is 12.1 Å². The molecule has 3 rings (SSSR count). The summed E-state index contributed by atoms with van der Waals surface area (Å²) in [6.07, 6.45) is 1.95. The Labute approximate surface area is 91.0 Å². The molecule has 0 bridgehead atoms. The van der Waals surface area contributed by atoms with Crippen LogP contribution in [0.25, 0.3) is 0 Å². The van der Waals surface area contributed by atoms with Crippen molar-refractivity contribution in [3.05, 3.63) is 23.8 Å². The molecule has 0 spiro atoms. The first kappa shape index (κ1) is 9.57. The molecular weight excluding hydrogens is 214 g/mol. The predicted molar refractivity (Wildman–Crippen MR) is 55.4 cm³/mol. The molecule has 84 valence electrons. The Balaban J connectivity index is 2.12. The van der Waals surface area contributed by atoms with Gasteiger partial charge in [-0.1, -0.05) is 0 Å². The molecule has 0 saturated heterocycles. The molecule has 1 amide bonds. The number of halogens is 2. The number of nitrogens with one attached hydrogen (secondary N) is 1. The second-order valence-corrected chi connectivity index (χ2v) is 4.19. The van der Waals surface area contributed by atoms with Crippen LogP contribution < -0.4 is 10.2 Å². The van der Waals surface area contributed by atoms with Crippen LogP contribution in [0.5, 0.6) is 0 Å². The maximum absolute atomic E-state index is 13.5. The van der Waals surface area contributed by atoms with E-state index >= 15 is 0 Å². The Hall–Kier alpha value is -1.65. The van der Waals surface area contributed by atoms with E-state index in [1.807, 2.05) is 0 Å². The third-order valence-corrected chi connectivity index (χ3v) is 2.91. The maximum atomic E-state index is 13.5. The Bertz CT molecular complexity index is 471. The van der Waals surface area contributed by atoms with Gasteiger partial charge >= 0.3 is 0 Å². The van der Waals surface area contributed by atoms with Gasteiger partial charge in [-0.2, -0.15) is 0 Å². The van der Waals surface area contributed by atoms with Crippen molar-refractivity contribution in [3.8, 4) is 0 Å². The fraction of sp³-hybridized carbons (Fsp3) is 0.364. The summed E-state index contributed by atoms with van der Waals surface area (Å²) in [5.74, 6) is -1.57. The van der Waals surface area contributed by atoms with E-state index in [0.717, 1.165) is 18.9 Å². The summed E-state index contributed by atoms with van der Waals surface area (Å²) < 4.78 is 26.6. The number of nitrogens with zero attached hydrogens (tertiary/aromatic N) is 1. The lowest BCUT2D eigenvalue weighted by Gasteiger charge is -2.31. The van der Waals surface area contributed by atoms with E-state index in [4.69, 9.17) is 0 Å². The van der Waals surface area contributed by atoms with Crippen molar-refractivity contribution in [2.45, 2.75) is 18.9 Å². The molecule has 1 heterocycles. The van der Waals surface area contributed by atoms with Gasteiger partial charge in [0.1, 0.15) is 11.5 Å². The zero-order chi connectivity index (χ0) is 11.3. The smallest absolute Gasteiger partial charge is 0.244 e. The summed E-state index contributed by atoms with van der Waals surface area (Å²) in [4.78, 5) is 13.2. The molecule has 5 heteroatoms. The first-order valence-electron chi connectivity index (χ1n) is 5.20. The summed E-state index contributed by atoms with van der Waals surface area (Å²) in [5, 5.41) is 2.45. The minimum atomic E-state index is -0.714. The van der Waals surface area contributed by atoms with E-state index in [9.17, 15) is 13.6 Å². The van der Waals surface area contributed by atoms with Crippen LogP contribution in [0.2, 0.25) is 0 Å².